The lowest BCUT2D eigenvalue weighted by molar-refractivity contribution is 0.244. The summed E-state index contributed by atoms with van der Waals surface area (Å²) in [6.07, 6.45) is 15.1. The van der Waals surface area contributed by atoms with E-state index >= 15 is 0 Å². The van der Waals surface area contributed by atoms with Gasteiger partial charge in [-0.05, 0) is 74.5 Å². The highest BCUT2D eigenvalue weighted by molar-refractivity contribution is 9.10. The van der Waals surface area contributed by atoms with Gasteiger partial charge in [-0.3, -0.25) is 10.4 Å². The molecular weight excluding hydrogens is 536 g/mol. The summed E-state index contributed by atoms with van der Waals surface area (Å²) in [4.78, 5) is 11.7. The molecule has 4 rings (SSSR count). The lowest BCUT2D eigenvalue weighted by Crippen LogP contribution is -2.41. The highest BCUT2D eigenvalue weighted by Gasteiger charge is 2.35. The Morgan fingerprint density at radius 1 is 1.03 bits per heavy atom. The average Bonchev–Trinajstić information content (AvgIpc) is 3.39. The Balaban J connectivity index is 1.27. The van der Waals surface area contributed by atoms with Crippen molar-refractivity contribution < 1.29 is 0 Å². The Morgan fingerprint density at radius 3 is 2.61 bits per heavy atom. The first-order valence-corrected chi connectivity index (χ1v) is 16.1. The molecule has 2 fully saturated rings. The lowest BCUT2D eigenvalue weighted by Gasteiger charge is -2.30. The number of hydrogen-bond donors (Lipinski definition) is 2. The first kappa shape index (κ1) is 29.2. The molecule has 1 saturated carbocycles. The monoisotopic (exact) mass is 586 g/mol. The number of nitrogens with one attached hydrogen (secondary N) is 1. The van der Waals surface area contributed by atoms with Crippen molar-refractivity contribution in [2.45, 2.75) is 103 Å². The zero-order valence-electron chi connectivity index (χ0n) is 23.9. The number of halogens is 1. The van der Waals surface area contributed by atoms with Gasteiger partial charge >= 0.3 is 0 Å². The third kappa shape index (κ3) is 8.37. The van der Waals surface area contributed by atoms with E-state index in [9.17, 15) is 0 Å². The minimum atomic E-state index is 0.459. The second-order valence-corrected chi connectivity index (χ2v) is 13.2. The van der Waals surface area contributed by atoms with Crippen molar-refractivity contribution in [1.29, 1.82) is 5.41 Å². The smallest absolute Gasteiger partial charge is 0.194 e. The van der Waals surface area contributed by atoms with E-state index in [1.807, 2.05) is 0 Å². The number of rotatable bonds is 14. The highest BCUT2D eigenvalue weighted by atomic mass is 79.9. The predicted molar refractivity (Wildman–Crippen MR) is 164 cm³/mol. The van der Waals surface area contributed by atoms with E-state index in [-0.39, 0.29) is 0 Å². The van der Waals surface area contributed by atoms with Crippen LogP contribution in [0.1, 0.15) is 90.0 Å². The summed E-state index contributed by atoms with van der Waals surface area (Å²) in [6.45, 7) is 9.41. The van der Waals surface area contributed by atoms with E-state index < -0.39 is 0 Å². The van der Waals surface area contributed by atoms with Gasteiger partial charge in [0.25, 0.3) is 0 Å². The maximum absolute atomic E-state index is 9.09. The molecule has 0 aromatic heterocycles. The number of nitrogens with zero attached hydrogens (tertiary/aromatic N) is 4. The van der Waals surface area contributed by atoms with Gasteiger partial charge in [0, 0.05) is 36.7 Å². The van der Waals surface area contributed by atoms with Crippen molar-refractivity contribution in [2.75, 3.05) is 32.7 Å². The van der Waals surface area contributed by atoms with Crippen LogP contribution in [0.25, 0.3) is 0 Å². The number of aliphatic imine (C=N–C) groups is 1. The molecule has 1 saturated heterocycles. The van der Waals surface area contributed by atoms with Crippen molar-refractivity contribution in [3.05, 3.63) is 34.3 Å². The molecule has 2 atom stereocenters. The van der Waals surface area contributed by atoms with Gasteiger partial charge in [0.2, 0.25) is 0 Å². The van der Waals surface area contributed by atoms with Crippen molar-refractivity contribution in [3.8, 4) is 0 Å². The van der Waals surface area contributed by atoms with Crippen LogP contribution >= 0.6 is 15.9 Å². The van der Waals surface area contributed by atoms with Gasteiger partial charge in [0.1, 0.15) is 0 Å². The third-order valence-corrected chi connectivity index (χ3v) is 9.39. The highest BCUT2D eigenvalue weighted by Crippen LogP contribution is 2.31. The van der Waals surface area contributed by atoms with Gasteiger partial charge in [-0.2, -0.15) is 0 Å². The molecule has 2 aliphatic heterocycles. The average molecular weight is 588 g/mol. The molecule has 6 nitrogen and oxygen atoms in total. The second kappa shape index (κ2) is 14.6. The molecule has 0 amide bonds. The van der Waals surface area contributed by atoms with Crippen molar-refractivity contribution in [2.24, 2.45) is 22.6 Å². The SMILES string of the molecule is CC(C)CCCN1C(N)=NC[C@@H]1CCCCN1C[C@@H](CC2CCCCC2)N(CCc2cccc(Br)c2)C1=N. The topological polar surface area (TPSA) is 72.0 Å². The molecule has 0 radical (unpaired) electrons. The van der Waals surface area contributed by atoms with Crippen molar-refractivity contribution in [1.82, 2.24) is 14.7 Å². The van der Waals surface area contributed by atoms with Crippen LogP contribution in [0, 0.1) is 17.2 Å². The Morgan fingerprint density at radius 2 is 1.84 bits per heavy atom. The summed E-state index contributed by atoms with van der Waals surface area (Å²) in [7, 11) is 0. The van der Waals surface area contributed by atoms with Crippen LogP contribution in [0.3, 0.4) is 0 Å². The van der Waals surface area contributed by atoms with Crippen LogP contribution in [0.15, 0.2) is 33.7 Å². The lowest BCUT2D eigenvalue weighted by atomic mass is 9.84. The van der Waals surface area contributed by atoms with E-state index in [1.165, 1.54) is 63.4 Å². The number of nitrogens with two attached hydrogens (primary N) is 1. The van der Waals surface area contributed by atoms with Gasteiger partial charge < -0.3 is 20.4 Å². The Bertz CT molecular complexity index is 911. The number of unbranched alkanes of at least 4 members (excludes halogenated alkanes) is 1. The maximum Gasteiger partial charge on any atom is 0.194 e. The Hall–Kier alpha value is -1.76. The predicted octanol–water partition coefficient (Wildman–Crippen LogP) is 6.49. The molecule has 1 aromatic rings. The zero-order chi connectivity index (χ0) is 26.9. The first-order valence-electron chi connectivity index (χ1n) is 15.3. The molecule has 0 spiro atoms. The largest absolute Gasteiger partial charge is 0.370 e. The number of benzene rings is 1. The molecule has 3 N–H and O–H groups in total. The second-order valence-electron chi connectivity index (χ2n) is 12.3. The number of hydrogen-bond acceptors (Lipinski definition) is 4. The normalized spacial score (nSPS) is 22.7. The van der Waals surface area contributed by atoms with Gasteiger partial charge in [0.05, 0.1) is 12.6 Å². The minimum absolute atomic E-state index is 0.459. The van der Waals surface area contributed by atoms with Crippen LogP contribution in [0.5, 0.6) is 0 Å². The standard InChI is InChI=1S/C31H51BrN6/c1-24(2)10-9-18-37-28(22-35-30(37)33)15-6-7-17-36-23-29(21-25-11-4-3-5-12-25)38(31(36)34)19-16-26-13-8-14-27(32)20-26/h8,13-14,20,24-25,28-29,34H,3-7,9-12,15-19,21-23H2,1-2H3,(H2,33,35)/t28-,29+/m0/s1. The fourth-order valence-corrected chi connectivity index (χ4v) is 7.15. The van der Waals surface area contributed by atoms with Crippen LogP contribution < -0.4 is 5.73 Å². The van der Waals surface area contributed by atoms with E-state index in [0.29, 0.717) is 12.1 Å². The van der Waals surface area contributed by atoms with Gasteiger partial charge in [-0.15, -0.1) is 0 Å². The van der Waals surface area contributed by atoms with Crippen LogP contribution in [-0.2, 0) is 6.42 Å². The molecule has 212 valence electrons. The molecule has 3 aliphatic rings. The zero-order valence-corrected chi connectivity index (χ0v) is 25.5. The summed E-state index contributed by atoms with van der Waals surface area (Å²) >= 11 is 3.62. The van der Waals surface area contributed by atoms with Crippen molar-refractivity contribution >= 4 is 27.8 Å². The fraction of sp³-hybridized carbons (Fsp3) is 0.742. The summed E-state index contributed by atoms with van der Waals surface area (Å²) in [5, 5.41) is 9.09. The Kier molecular flexibility index (Phi) is 11.2. The molecule has 2 heterocycles. The van der Waals surface area contributed by atoms with Crippen LogP contribution in [0.2, 0.25) is 0 Å². The van der Waals surface area contributed by atoms with Crippen molar-refractivity contribution in [3.63, 3.8) is 0 Å². The molecule has 0 unspecified atom stereocenters. The van der Waals surface area contributed by atoms with E-state index in [1.54, 1.807) is 0 Å². The van der Waals surface area contributed by atoms with Gasteiger partial charge in [-0.1, -0.05) is 74.0 Å². The number of guanidine groups is 2. The molecule has 0 bridgehead atoms. The van der Waals surface area contributed by atoms with Gasteiger partial charge in [-0.25, -0.2) is 0 Å². The molecule has 1 aliphatic carbocycles. The van der Waals surface area contributed by atoms with E-state index in [0.717, 1.165) is 80.2 Å². The quantitative estimate of drug-likeness (QED) is 0.244. The summed E-state index contributed by atoms with van der Waals surface area (Å²) in [6, 6.07) is 9.59. The van der Waals surface area contributed by atoms with Crippen LogP contribution in [0.4, 0.5) is 0 Å². The minimum Gasteiger partial charge on any atom is -0.370 e. The molecule has 38 heavy (non-hydrogen) atoms. The molecule has 1 aromatic carbocycles. The van der Waals surface area contributed by atoms with Crippen LogP contribution in [-0.4, -0.2) is 71.4 Å². The molecule has 7 heteroatoms. The maximum atomic E-state index is 9.09. The summed E-state index contributed by atoms with van der Waals surface area (Å²) < 4.78 is 1.14. The third-order valence-electron chi connectivity index (χ3n) is 8.90. The first-order chi connectivity index (χ1) is 18.4. The fourth-order valence-electron chi connectivity index (χ4n) is 6.70. The Labute approximate surface area is 240 Å². The summed E-state index contributed by atoms with van der Waals surface area (Å²) in [5.74, 6) is 3.07. The van der Waals surface area contributed by atoms with E-state index in [2.05, 4.69) is 73.7 Å². The molecular formula is C31H51BrN6. The van der Waals surface area contributed by atoms with Gasteiger partial charge in [0.15, 0.2) is 11.9 Å². The summed E-state index contributed by atoms with van der Waals surface area (Å²) in [5.41, 5.74) is 7.57. The van der Waals surface area contributed by atoms with E-state index in [4.69, 9.17) is 11.1 Å².